The van der Waals surface area contributed by atoms with E-state index >= 15 is 0 Å². The van der Waals surface area contributed by atoms with E-state index in [2.05, 4.69) is 5.32 Å². The number of carbonyl (C=O) groups excluding carboxylic acids is 1. The highest BCUT2D eigenvalue weighted by molar-refractivity contribution is 5.83. The Balaban J connectivity index is 1.55. The lowest BCUT2D eigenvalue weighted by molar-refractivity contribution is -0.137. The largest absolute Gasteiger partial charge is 0.354 e. The van der Waals surface area contributed by atoms with Crippen LogP contribution in [0, 0.1) is 29.6 Å². The van der Waals surface area contributed by atoms with E-state index in [0.717, 1.165) is 11.8 Å². The van der Waals surface area contributed by atoms with Crippen molar-refractivity contribution in [1.82, 2.24) is 5.32 Å². The van der Waals surface area contributed by atoms with Gasteiger partial charge in [0.1, 0.15) is 0 Å². The van der Waals surface area contributed by atoms with Gasteiger partial charge in [-0.3, -0.25) is 4.79 Å². The van der Waals surface area contributed by atoms with Gasteiger partial charge in [-0.15, -0.1) is 0 Å². The van der Waals surface area contributed by atoms with Gasteiger partial charge in [0.2, 0.25) is 5.91 Å². The Labute approximate surface area is 108 Å². The van der Waals surface area contributed by atoms with Crippen LogP contribution in [0.1, 0.15) is 26.2 Å². The average Bonchev–Trinajstić information content (AvgIpc) is 2.80. The number of hydrogen-bond donors (Lipinski definition) is 1. The van der Waals surface area contributed by atoms with Crippen molar-refractivity contribution in [1.29, 1.82) is 0 Å². The molecule has 4 heteroatoms. The highest BCUT2D eigenvalue weighted by Gasteiger charge is 2.67. The molecule has 3 saturated carbocycles. The molecule has 5 atom stereocenters. The van der Waals surface area contributed by atoms with E-state index < -0.39 is 0 Å². The van der Waals surface area contributed by atoms with Gasteiger partial charge in [0.05, 0.1) is 6.04 Å². The Kier molecular flexibility index (Phi) is 3.10. The molecule has 0 aromatic rings. The van der Waals surface area contributed by atoms with E-state index in [0.29, 0.717) is 11.8 Å². The Morgan fingerprint density at radius 2 is 1.72 bits per heavy atom. The van der Waals surface area contributed by atoms with E-state index in [1.54, 1.807) is 14.2 Å². The molecular formula is C14H23NO3. The summed E-state index contributed by atoms with van der Waals surface area (Å²) < 4.78 is 10.3. The third-order valence-electron chi connectivity index (χ3n) is 5.28. The normalized spacial score (nSPS) is 41.9. The van der Waals surface area contributed by atoms with Crippen molar-refractivity contribution in [2.24, 2.45) is 29.6 Å². The predicted octanol–water partition coefficient (Wildman–Crippen LogP) is 1.40. The molecule has 1 N–H and O–H groups in total. The second kappa shape index (κ2) is 4.49. The predicted molar refractivity (Wildman–Crippen MR) is 66.7 cm³/mol. The zero-order chi connectivity index (χ0) is 12.9. The number of rotatable bonds is 5. The summed E-state index contributed by atoms with van der Waals surface area (Å²) in [6, 6.07) is -0.0912. The zero-order valence-corrected chi connectivity index (χ0v) is 11.4. The van der Waals surface area contributed by atoms with Crippen LogP contribution in [0.4, 0.5) is 0 Å². The first kappa shape index (κ1) is 12.4. The molecule has 0 spiro atoms. The summed E-state index contributed by atoms with van der Waals surface area (Å²) in [6.07, 6.45) is 3.73. The number of hydrogen-bond acceptors (Lipinski definition) is 3. The van der Waals surface area contributed by atoms with E-state index in [-0.39, 0.29) is 24.2 Å². The molecule has 5 unspecified atom stereocenters. The van der Waals surface area contributed by atoms with Crippen LogP contribution in [0.25, 0.3) is 0 Å². The quantitative estimate of drug-likeness (QED) is 0.753. The first-order valence-corrected chi connectivity index (χ1v) is 7.03. The molecule has 4 nitrogen and oxygen atoms in total. The van der Waals surface area contributed by atoms with Gasteiger partial charge in [-0.1, -0.05) is 0 Å². The van der Waals surface area contributed by atoms with Gasteiger partial charge in [0.25, 0.3) is 0 Å². The van der Waals surface area contributed by atoms with E-state index in [1.807, 2.05) is 6.92 Å². The van der Waals surface area contributed by atoms with Crippen LogP contribution in [0.3, 0.4) is 0 Å². The highest BCUT2D eigenvalue weighted by Crippen LogP contribution is 2.69. The summed E-state index contributed by atoms with van der Waals surface area (Å²) >= 11 is 0. The van der Waals surface area contributed by atoms with Crippen LogP contribution < -0.4 is 5.32 Å². The number of carbonyl (C=O) groups is 1. The van der Waals surface area contributed by atoms with Crippen LogP contribution in [-0.2, 0) is 14.3 Å². The van der Waals surface area contributed by atoms with Crippen molar-refractivity contribution in [3.63, 3.8) is 0 Å². The van der Waals surface area contributed by atoms with E-state index in [4.69, 9.17) is 9.47 Å². The average molecular weight is 253 g/mol. The fourth-order valence-corrected chi connectivity index (χ4v) is 4.57. The van der Waals surface area contributed by atoms with Gasteiger partial charge < -0.3 is 14.8 Å². The monoisotopic (exact) mass is 253 g/mol. The van der Waals surface area contributed by atoms with Crippen LogP contribution in [0.5, 0.6) is 0 Å². The summed E-state index contributed by atoms with van der Waals surface area (Å²) in [7, 11) is 3.20. The fraction of sp³-hybridized carbons (Fsp3) is 0.929. The second-order valence-corrected chi connectivity index (χ2v) is 6.15. The lowest BCUT2D eigenvalue weighted by Gasteiger charge is -2.22. The summed E-state index contributed by atoms with van der Waals surface area (Å²) in [5, 5.41) is 3.05. The number of nitrogens with one attached hydrogen (secondary N) is 1. The number of ether oxygens (including phenoxy) is 2. The minimum atomic E-state index is -0.357. The van der Waals surface area contributed by atoms with Gasteiger partial charge in [-0.05, 0) is 49.9 Å². The van der Waals surface area contributed by atoms with Crippen molar-refractivity contribution in [2.75, 3.05) is 14.2 Å². The standard InChI is InChI=1S/C14H23NO3/c1-7(14(17-2)18-3)15-13(16)12-10-8-4-5-9(6-8)11(10)12/h7-12,14H,4-6H2,1-3H3,(H,15,16). The molecule has 0 aromatic heterocycles. The fourth-order valence-electron chi connectivity index (χ4n) is 4.57. The van der Waals surface area contributed by atoms with E-state index in [1.165, 1.54) is 19.3 Å². The van der Waals surface area contributed by atoms with Gasteiger partial charge in [-0.2, -0.15) is 0 Å². The summed E-state index contributed by atoms with van der Waals surface area (Å²) in [4.78, 5) is 12.3. The van der Waals surface area contributed by atoms with Gasteiger partial charge >= 0.3 is 0 Å². The Hall–Kier alpha value is -0.610. The third kappa shape index (κ3) is 1.77. The Morgan fingerprint density at radius 3 is 2.22 bits per heavy atom. The molecule has 2 bridgehead atoms. The van der Waals surface area contributed by atoms with Crippen LogP contribution in [0.2, 0.25) is 0 Å². The molecule has 3 fully saturated rings. The maximum atomic E-state index is 12.3. The van der Waals surface area contributed by atoms with Crippen molar-refractivity contribution < 1.29 is 14.3 Å². The SMILES string of the molecule is COC(OC)C(C)NC(=O)C1C2C3CCC(C3)C12. The van der Waals surface area contributed by atoms with Gasteiger partial charge in [0.15, 0.2) is 6.29 Å². The van der Waals surface area contributed by atoms with Crippen LogP contribution >= 0.6 is 0 Å². The molecule has 3 aliphatic carbocycles. The van der Waals surface area contributed by atoms with Gasteiger partial charge in [-0.25, -0.2) is 0 Å². The smallest absolute Gasteiger partial charge is 0.224 e. The molecule has 102 valence electrons. The first-order valence-electron chi connectivity index (χ1n) is 7.03. The number of fused-ring (bicyclic) bond motifs is 5. The van der Waals surface area contributed by atoms with Crippen LogP contribution in [0.15, 0.2) is 0 Å². The Morgan fingerprint density at radius 1 is 1.17 bits per heavy atom. The maximum absolute atomic E-state index is 12.3. The number of amides is 1. The van der Waals surface area contributed by atoms with Crippen LogP contribution in [-0.4, -0.2) is 32.5 Å². The molecule has 0 aromatic carbocycles. The zero-order valence-electron chi connectivity index (χ0n) is 11.4. The van der Waals surface area contributed by atoms with Gasteiger partial charge in [0, 0.05) is 20.1 Å². The molecule has 0 saturated heterocycles. The van der Waals surface area contributed by atoms with Crippen molar-refractivity contribution in [2.45, 2.75) is 38.5 Å². The van der Waals surface area contributed by atoms with E-state index in [9.17, 15) is 4.79 Å². The second-order valence-electron chi connectivity index (χ2n) is 6.15. The highest BCUT2D eigenvalue weighted by atomic mass is 16.7. The first-order chi connectivity index (χ1) is 8.67. The number of methoxy groups -OCH3 is 2. The molecule has 0 aliphatic heterocycles. The molecule has 18 heavy (non-hydrogen) atoms. The molecule has 3 rings (SSSR count). The minimum absolute atomic E-state index is 0.0912. The topological polar surface area (TPSA) is 47.6 Å². The maximum Gasteiger partial charge on any atom is 0.224 e. The Bertz CT molecular complexity index is 326. The third-order valence-corrected chi connectivity index (χ3v) is 5.28. The lowest BCUT2D eigenvalue weighted by Crippen LogP contribution is -2.44. The lowest BCUT2D eigenvalue weighted by atomic mass is 10.0. The van der Waals surface area contributed by atoms with Crippen molar-refractivity contribution >= 4 is 5.91 Å². The van der Waals surface area contributed by atoms with Crippen molar-refractivity contribution in [3.05, 3.63) is 0 Å². The van der Waals surface area contributed by atoms with Crippen molar-refractivity contribution in [3.8, 4) is 0 Å². The summed E-state index contributed by atoms with van der Waals surface area (Å²) in [6.45, 7) is 1.93. The minimum Gasteiger partial charge on any atom is -0.354 e. The molecule has 1 amide bonds. The molecule has 0 heterocycles. The summed E-state index contributed by atoms with van der Waals surface area (Å²) in [5.41, 5.74) is 0. The molecular weight excluding hydrogens is 230 g/mol. The molecule has 3 aliphatic rings. The summed E-state index contributed by atoms with van der Waals surface area (Å²) in [5.74, 6) is 3.57. The molecule has 0 radical (unpaired) electrons.